The monoisotopic (exact) mass is 245 g/mol. The van der Waals surface area contributed by atoms with Crippen LogP contribution in [0, 0.1) is 0 Å². The van der Waals surface area contributed by atoms with E-state index in [0.29, 0.717) is 0 Å². The second kappa shape index (κ2) is 5.83. The molecule has 0 saturated heterocycles. The first kappa shape index (κ1) is 12.8. The largest absolute Gasteiger partial charge is 0.411 e. The third-order valence-corrected chi connectivity index (χ3v) is 3.47. The van der Waals surface area contributed by atoms with Gasteiger partial charge in [0.25, 0.3) is 0 Å². The van der Waals surface area contributed by atoms with Crippen LogP contribution in [0.25, 0.3) is 5.57 Å². The zero-order valence-electron chi connectivity index (χ0n) is 10.6. The highest BCUT2D eigenvalue weighted by molar-refractivity contribution is 6.01. The van der Waals surface area contributed by atoms with Crippen molar-refractivity contribution in [1.29, 1.82) is 0 Å². The predicted molar refractivity (Wildman–Crippen MR) is 73.0 cm³/mol. The van der Waals surface area contributed by atoms with Crippen LogP contribution in [0.3, 0.4) is 0 Å². The zero-order chi connectivity index (χ0) is 13.0. The quantitative estimate of drug-likeness (QED) is 0.634. The van der Waals surface area contributed by atoms with Crippen molar-refractivity contribution in [3.05, 3.63) is 41.5 Å². The maximum atomic E-state index is 9.12. The summed E-state index contributed by atoms with van der Waals surface area (Å²) >= 11 is 0. The first-order chi connectivity index (χ1) is 8.74. The van der Waals surface area contributed by atoms with Gasteiger partial charge in [0.15, 0.2) is 0 Å². The molecule has 0 bridgehead atoms. The Kier molecular flexibility index (Phi) is 4.15. The lowest BCUT2D eigenvalue weighted by molar-refractivity contribution is 0.273. The van der Waals surface area contributed by atoms with Gasteiger partial charge in [-0.3, -0.25) is 0 Å². The standard InChI is InChI=1S/C15H19NO2/c1-11(10-17)12-5-7-13(8-6-12)14-3-2-4-15(9-14)16-18/h5-9,11,17-18H,2-4,10H2,1H3/b16-15+. The molecule has 1 aromatic rings. The summed E-state index contributed by atoms with van der Waals surface area (Å²) in [4.78, 5) is 0. The Morgan fingerprint density at radius 3 is 2.56 bits per heavy atom. The number of hydrogen-bond donors (Lipinski definition) is 2. The Hall–Kier alpha value is -1.61. The third-order valence-electron chi connectivity index (χ3n) is 3.47. The van der Waals surface area contributed by atoms with Gasteiger partial charge in [0.2, 0.25) is 0 Å². The van der Waals surface area contributed by atoms with Crippen molar-refractivity contribution in [3.8, 4) is 0 Å². The van der Waals surface area contributed by atoms with Crippen LogP contribution in [0.15, 0.2) is 35.5 Å². The number of nitrogens with zero attached hydrogens (tertiary/aromatic N) is 1. The zero-order valence-corrected chi connectivity index (χ0v) is 10.6. The summed E-state index contributed by atoms with van der Waals surface area (Å²) in [6.07, 6.45) is 4.86. The molecule has 0 radical (unpaired) electrons. The summed E-state index contributed by atoms with van der Waals surface area (Å²) in [5.74, 6) is 0.175. The van der Waals surface area contributed by atoms with Gasteiger partial charge < -0.3 is 10.3 Å². The van der Waals surface area contributed by atoms with E-state index in [4.69, 9.17) is 10.3 Å². The minimum absolute atomic E-state index is 0.170. The molecule has 0 aliphatic heterocycles. The number of allylic oxidation sites excluding steroid dienone is 2. The molecule has 96 valence electrons. The second-order valence-corrected chi connectivity index (χ2v) is 4.82. The van der Waals surface area contributed by atoms with Crippen LogP contribution < -0.4 is 0 Å². The van der Waals surface area contributed by atoms with Gasteiger partial charge in [-0.15, -0.1) is 0 Å². The van der Waals surface area contributed by atoms with Crippen LogP contribution in [0.5, 0.6) is 0 Å². The van der Waals surface area contributed by atoms with E-state index in [1.807, 2.05) is 13.0 Å². The Balaban J connectivity index is 2.22. The Labute approximate surface area is 107 Å². The number of oxime groups is 1. The molecule has 0 aromatic heterocycles. The van der Waals surface area contributed by atoms with Crippen molar-refractivity contribution in [3.63, 3.8) is 0 Å². The molecule has 0 saturated carbocycles. The van der Waals surface area contributed by atoms with Crippen molar-refractivity contribution in [2.24, 2.45) is 5.16 Å². The average Bonchev–Trinajstić information content (AvgIpc) is 2.46. The summed E-state index contributed by atoms with van der Waals surface area (Å²) in [5.41, 5.74) is 4.29. The minimum atomic E-state index is 0.170. The molecular weight excluding hydrogens is 226 g/mol. The normalized spacial score (nSPS) is 19.7. The second-order valence-electron chi connectivity index (χ2n) is 4.82. The van der Waals surface area contributed by atoms with Crippen LogP contribution in [0.1, 0.15) is 43.2 Å². The molecule has 0 fully saturated rings. The van der Waals surface area contributed by atoms with Crippen molar-refractivity contribution in [2.45, 2.75) is 32.1 Å². The highest BCUT2D eigenvalue weighted by atomic mass is 16.4. The van der Waals surface area contributed by atoms with Gasteiger partial charge in [-0.1, -0.05) is 36.3 Å². The lowest BCUT2D eigenvalue weighted by Crippen LogP contribution is -2.03. The lowest BCUT2D eigenvalue weighted by atomic mass is 9.91. The van der Waals surface area contributed by atoms with Gasteiger partial charge in [0.05, 0.1) is 5.71 Å². The van der Waals surface area contributed by atoms with Crippen LogP contribution in [0.2, 0.25) is 0 Å². The van der Waals surface area contributed by atoms with Crippen LogP contribution in [-0.2, 0) is 0 Å². The molecule has 1 aromatic carbocycles. The van der Waals surface area contributed by atoms with Crippen molar-refractivity contribution >= 4 is 11.3 Å². The molecule has 3 nitrogen and oxygen atoms in total. The Morgan fingerprint density at radius 1 is 1.22 bits per heavy atom. The molecule has 3 heteroatoms. The number of benzene rings is 1. The maximum absolute atomic E-state index is 9.12. The molecule has 2 N–H and O–H groups in total. The van der Waals surface area contributed by atoms with Gasteiger partial charge >= 0.3 is 0 Å². The summed E-state index contributed by atoms with van der Waals surface area (Å²) in [6.45, 7) is 2.18. The van der Waals surface area contributed by atoms with Gasteiger partial charge in [0, 0.05) is 12.5 Å². The fourth-order valence-corrected chi connectivity index (χ4v) is 2.24. The highest BCUT2D eigenvalue weighted by Gasteiger charge is 2.11. The smallest absolute Gasteiger partial charge is 0.0798 e. The average molecular weight is 245 g/mol. The van der Waals surface area contributed by atoms with Crippen molar-refractivity contribution in [2.75, 3.05) is 6.61 Å². The van der Waals surface area contributed by atoms with E-state index in [9.17, 15) is 0 Å². The summed E-state index contributed by atoms with van der Waals surface area (Å²) in [6, 6.07) is 8.27. The van der Waals surface area contributed by atoms with Gasteiger partial charge in [-0.05, 0) is 42.0 Å². The molecule has 0 amide bonds. The van der Waals surface area contributed by atoms with E-state index in [2.05, 4.69) is 29.4 Å². The number of aliphatic hydroxyl groups excluding tert-OH is 1. The SMILES string of the molecule is CC(CO)c1ccc(C2=C/C(=N/O)CCC2)cc1. The van der Waals surface area contributed by atoms with E-state index in [1.54, 1.807) is 0 Å². The van der Waals surface area contributed by atoms with E-state index >= 15 is 0 Å². The van der Waals surface area contributed by atoms with E-state index in [0.717, 1.165) is 30.5 Å². The van der Waals surface area contributed by atoms with Gasteiger partial charge in [-0.25, -0.2) is 0 Å². The van der Waals surface area contributed by atoms with E-state index < -0.39 is 0 Å². The highest BCUT2D eigenvalue weighted by Crippen LogP contribution is 2.27. The first-order valence-electron chi connectivity index (χ1n) is 6.37. The maximum Gasteiger partial charge on any atom is 0.0798 e. The predicted octanol–water partition coefficient (Wildman–Crippen LogP) is 3.18. The minimum Gasteiger partial charge on any atom is -0.411 e. The van der Waals surface area contributed by atoms with Crippen molar-refractivity contribution in [1.82, 2.24) is 0 Å². The molecule has 0 heterocycles. The summed E-state index contributed by atoms with van der Waals surface area (Å²) < 4.78 is 0. The van der Waals surface area contributed by atoms with E-state index in [1.165, 1.54) is 11.1 Å². The Morgan fingerprint density at radius 2 is 1.94 bits per heavy atom. The molecule has 18 heavy (non-hydrogen) atoms. The number of rotatable bonds is 3. The molecule has 1 unspecified atom stereocenters. The topological polar surface area (TPSA) is 52.8 Å². The van der Waals surface area contributed by atoms with Gasteiger partial charge in [0.1, 0.15) is 0 Å². The molecular formula is C15H19NO2. The third kappa shape index (κ3) is 2.79. The summed E-state index contributed by atoms with van der Waals surface area (Å²) in [5, 5.41) is 21.2. The van der Waals surface area contributed by atoms with Crippen LogP contribution in [0.4, 0.5) is 0 Å². The van der Waals surface area contributed by atoms with Crippen LogP contribution >= 0.6 is 0 Å². The molecule has 2 rings (SSSR count). The van der Waals surface area contributed by atoms with E-state index in [-0.39, 0.29) is 12.5 Å². The summed E-state index contributed by atoms with van der Waals surface area (Å²) in [7, 11) is 0. The fourth-order valence-electron chi connectivity index (χ4n) is 2.24. The molecule has 1 aliphatic carbocycles. The lowest BCUT2D eigenvalue weighted by Gasteiger charge is -2.15. The Bertz CT molecular complexity index is 460. The molecule has 0 spiro atoms. The number of hydrogen-bond acceptors (Lipinski definition) is 3. The fraction of sp³-hybridized carbons (Fsp3) is 0.400. The number of aliphatic hydroxyl groups is 1. The first-order valence-corrected chi connectivity index (χ1v) is 6.37. The molecule has 1 aliphatic rings. The van der Waals surface area contributed by atoms with Crippen molar-refractivity contribution < 1.29 is 10.3 Å². The van der Waals surface area contributed by atoms with Gasteiger partial charge in [-0.2, -0.15) is 0 Å². The van der Waals surface area contributed by atoms with Crippen LogP contribution in [-0.4, -0.2) is 22.6 Å². The molecule has 1 atom stereocenters.